The Hall–Kier alpha value is -1.65. The summed E-state index contributed by atoms with van der Waals surface area (Å²) in [6.45, 7) is 16.8. The van der Waals surface area contributed by atoms with Crippen molar-refractivity contribution in [2.75, 3.05) is 0 Å². The molecule has 0 aromatic carbocycles. The molecule has 3 aliphatic rings. The average Bonchev–Trinajstić information content (AvgIpc) is 3.16. The van der Waals surface area contributed by atoms with Gasteiger partial charge in [0.25, 0.3) is 0 Å². The maximum absolute atomic E-state index is 13.8. The Bertz CT molecular complexity index is 835. The Morgan fingerprint density at radius 3 is 2.51 bits per heavy atom. The third kappa shape index (κ3) is 4.85. The lowest BCUT2D eigenvalue weighted by atomic mass is 9.40. The van der Waals surface area contributed by atoms with Gasteiger partial charge in [0.2, 0.25) is 0 Å². The first-order chi connectivity index (χ1) is 16.3. The summed E-state index contributed by atoms with van der Waals surface area (Å²) in [6.07, 6.45) is 10.7. The summed E-state index contributed by atoms with van der Waals surface area (Å²) >= 11 is 0. The molecule has 35 heavy (non-hydrogen) atoms. The van der Waals surface area contributed by atoms with Crippen LogP contribution in [0.1, 0.15) is 106 Å². The molecule has 3 fully saturated rings. The zero-order valence-corrected chi connectivity index (χ0v) is 22.9. The predicted molar refractivity (Wildman–Crippen MR) is 138 cm³/mol. The summed E-state index contributed by atoms with van der Waals surface area (Å²) in [6, 6.07) is 0. The average molecular weight is 489 g/mol. The fourth-order valence-electron chi connectivity index (χ4n) is 9.17. The lowest BCUT2D eigenvalue weighted by Gasteiger charge is -2.63. The number of rotatable bonds is 9. The van der Waals surface area contributed by atoms with Crippen LogP contribution >= 0.6 is 0 Å². The molecule has 198 valence electrons. The first kappa shape index (κ1) is 27.9. The summed E-state index contributed by atoms with van der Waals surface area (Å²) < 4.78 is 5.69. The molecule has 5 heteroatoms. The first-order valence-electron chi connectivity index (χ1n) is 13.9. The second-order valence-electron chi connectivity index (χ2n) is 12.7. The van der Waals surface area contributed by atoms with Gasteiger partial charge in [-0.2, -0.15) is 0 Å². The second kappa shape index (κ2) is 10.4. The third-order valence-corrected chi connectivity index (χ3v) is 10.9. The van der Waals surface area contributed by atoms with Gasteiger partial charge in [-0.3, -0.25) is 14.4 Å². The van der Waals surface area contributed by atoms with Gasteiger partial charge in [0, 0.05) is 30.6 Å². The predicted octanol–water partition coefficient (Wildman–Crippen LogP) is 6.84. The summed E-state index contributed by atoms with van der Waals surface area (Å²) in [5.74, 6) is 0.0753. The molecule has 0 radical (unpaired) electrons. The van der Waals surface area contributed by atoms with Crippen molar-refractivity contribution in [1.82, 2.24) is 0 Å². The van der Waals surface area contributed by atoms with Crippen LogP contribution in [-0.4, -0.2) is 28.9 Å². The number of Topliss-reactive ketones (excluding diaryl/α,β-unsaturated/α-hetero) is 1. The number of carbonyl (C=O) groups is 3. The van der Waals surface area contributed by atoms with Gasteiger partial charge in [-0.05, 0) is 80.0 Å². The fourth-order valence-corrected chi connectivity index (χ4v) is 9.17. The van der Waals surface area contributed by atoms with E-state index in [9.17, 15) is 19.5 Å². The van der Waals surface area contributed by atoms with Crippen molar-refractivity contribution in [2.24, 2.45) is 45.8 Å². The molecule has 0 spiro atoms. The minimum atomic E-state index is -0.711. The van der Waals surface area contributed by atoms with E-state index in [0.717, 1.165) is 51.4 Å². The van der Waals surface area contributed by atoms with E-state index < -0.39 is 5.97 Å². The molecule has 5 nitrogen and oxygen atoms in total. The lowest BCUT2D eigenvalue weighted by Crippen LogP contribution is -2.62. The Morgan fingerprint density at radius 1 is 1.26 bits per heavy atom. The highest BCUT2D eigenvalue weighted by atomic mass is 16.5. The van der Waals surface area contributed by atoms with Crippen LogP contribution in [0.25, 0.3) is 0 Å². The van der Waals surface area contributed by atoms with Crippen LogP contribution in [0.15, 0.2) is 12.7 Å². The Balaban J connectivity index is 1.90. The number of esters is 1. The molecule has 9 atom stereocenters. The highest BCUT2D eigenvalue weighted by Crippen LogP contribution is 2.67. The molecule has 0 heterocycles. The third-order valence-electron chi connectivity index (χ3n) is 10.9. The molecule has 0 aliphatic heterocycles. The van der Waals surface area contributed by atoms with Crippen molar-refractivity contribution < 1.29 is 24.2 Å². The van der Waals surface area contributed by atoms with Gasteiger partial charge < -0.3 is 9.84 Å². The van der Waals surface area contributed by atoms with E-state index in [0.29, 0.717) is 18.1 Å². The lowest BCUT2D eigenvalue weighted by molar-refractivity contribution is -0.179. The summed E-state index contributed by atoms with van der Waals surface area (Å²) in [7, 11) is 0. The van der Waals surface area contributed by atoms with Crippen LogP contribution < -0.4 is 0 Å². The molecule has 3 saturated carbocycles. The largest absolute Gasteiger partial charge is 0.481 e. The van der Waals surface area contributed by atoms with Crippen LogP contribution in [0, 0.1) is 45.8 Å². The van der Waals surface area contributed by atoms with Gasteiger partial charge in [-0.25, -0.2) is 0 Å². The van der Waals surface area contributed by atoms with Crippen molar-refractivity contribution >= 4 is 17.7 Å². The number of hydrogen-bond donors (Lipinski definition) is 1. The molecular weight excluding hydrogens is 440 g/mol. The maximum atomic E-state index is 13.8. The summed E-state index contributed by atoms with van der Waals surface area (Å²) in [5.41, 5.74) is -0.348. The monoisotopic (exact) mass is 488 g/mol. The molecule has 3 aliphatic carbocycles. The molecule has 1 N–H and O–H groups in total. The molecule has 0 aromatic heterocycles. The molecular formula is C30H48O5. The standard InChI is InChI=1S/C30H48O5/c1-8-23-27(34)20(4)25(13-15-28(6)14-10-11-24(28)19(3)17-26(32)33)29(7)16-12-22(35-21(5)31)18-30(23,29)9-2/h9,19-20,22-25H,2,8,10-18H2,1,3-7H3,(H,32,33)/t19-,20+,22-,23+,24-,25?,28-,29-,30+/m1/s1. The molecule has 0 bridgehead atoms. The molecule has 1 unspecified atom stereocenters. The first-order valence-corrected chi connectivity index (χ1v) is 13.9. The van der Waals surface area contributed by atoms with Crippen molar-refractivity contribution in [2.45, 2.75) is 112 Å². The molecule has 3 rings (SSSR count). The number of allylic oxidation sites excluding steroid dienone is 1. The van der Waals surface area contributed by atoms with E-state index in [1.165, 1.54) is 6.92 Å². The second-order valence-corrected chi connectivity index (χ2v) is 12.7. The van der Waals surface area contributed by atoms with Gasteiger partial charge >= 0.3 is 11.9 Å². The van der Waals surface area contributed by atoms with E-state index in [2.05, 4.69) is 41.2 Å². The zero-order valence-electron chi connectivity index (χ0n) is 22.9. The Kier molecular flexibility index (Phi) is 8.28. The zero-order chi connectivity index (χ0) is 26.2. The number of ether oxygens (including phenoxy) is 1. The number of ketones is 1. The smallest absolute Gasteiger partial charge is 0.303 e. The SMILES string of the molecule is C=C[C@@]12C[C@H](OC(C)=O)CC[C@]1(C)C(CC[C@@]1(C)CCC[C@@H]1[C@H](C)CC(=O)O)[C@H](C)C(=O)[C@@H]2CC. The molecule has 0 saturated heterocycles. The van der Waals surface area contributed by atoms with Crippen molar-refractivity contribution in [3.05, 3.63) is 12.7 Å². The number of carboxylic acids is 1. The van der Waals surface area contributed by atoms with Crippen LogP contribution in [-0.2, 0) is 19.1 Å². The highest BCUT2D eigenvalue weighted by Gasteiger charge is 2.64. The normalized spacial score (nSPS) is 42.2. The van der Waals surface area contributed by atoms with Gasteiger partial charge in [0.1, 0.15) is 11.9 Å². The number of carbonyl (C=O) groups excluding carboxylic acids is 2. The fraction of sp³-hybridized carbons (Fsp3) is 0.833. The minimum absolute atomic E-state index is 0.0109. The maximum Gasteiger partial charge on any atom is 0.303 e. The van der Waals surface area contributed by atoms with Crippen molar-refractivity contribution in [3.63, 3.8) is 0 Å². The van der Waals surface area contributed by atoms with E-state index in [-0.39, 0.29) is 58.4 Å². The quantitative estimate of drug-likeness (QED) is 0.284. The van der Waals surface area contributed by atoms with Gasteiger partial charge in [0.05, 0.1) is 0 Å². The van der Waals surface area contributed by atoms with Crippen LogP contribution in [0.5, 0.6) is 0 Å². The van der Waals surface area contributed by atoms with Crippen LogP contribution in [0.3, 0.4) is 0 Å². The highest BCUT2D eigenvalue weighted by molar-refractivity contribution is 5.86. The van der Waals surface area contributed by atoms with Gasteiger partial charge in [0.15, 0.2) is 0 Å². The van der Waals surface area contributed by atoms with Crippen molar-refractivity contribution in [3.8, 4) is 0 Å². The minimum Gasteiger partial charge on any atom is -0.481 e. The van der Waals surface area contributed by atoms with Crippen molar-refractivity contribution in [1.29, 1.82) is 0 Å². The number of hydrogen-bond acceptors (Lipinski definition) is 4. The molecule has 0 aromatic rings. The Morgan fingerprint density at radius 2 is 1.94 bits per heavy atom. The number of aliphatic carboxylic acids is 1. The van der Waals surface area contributed by atoms with Gasteiger partial charge in [-0.1, -0.05) is 47.1 Å². The number of fused-ring (bicyclic) bond motifs is 1. The molecule has 0 amide bonds. The van der Waals surface area contributed by atoms with E-state index >= 15 is 0 Å². The summed E-state index contributed by atoms with van der Waals surface area (Å²) in [4.78, 5) is 37.0. The number of carboxylic acid groups (broad SMARTS) is 1. The van der Waals surface area contributed by atoms with E-state index in [4.69, 9.17) is 4.74 Å². The topological polar surface area (TPSA) is 80.7 Å². The van der Waals surface area contributed by atoms with Crippen LogP contribution in [0.2, 0.25) is 0 Å². The van der Waals surface area contributed by atoms with Gasteiger partial charge in [-0.15, -0.1) is 6.58 Å². The Labute approximate surface area is 212 Å². The van der Waals surface area contributed by atoms with E-state index in [1.807, 2.05) is 6.08 Å². The van der Waals surface area contributed by atoms with Crippen LogP contribution in [0.4, 0.5) is 0 Å². The van der Waals surface area contributed by atoms with E-state index in [1.54, 1.807) is 0 Å². The summed E-state index contributed by atoms with van der Waals surface area (Å²) in [5, 5.41) is 9.38.